The summed E-state index contributed by atoms with van der Waals surface area (Å²) in [5, 5.41) is 3.44. The standard InChI is InChI=1S/C16H30N4/c1-12(15(2,3)4)20(8)14-11-17-9-13(19-14)10-18-16(5,6)7/h9,11-12,18H,10H2,1-8H3. The van der Waals surface area contributed by atoms with E-state index in [1.807, 2.05) is 12.4 Å². The third kappa shape index (κ3) is 5.08. The Kier molecular flexibility index (Phi) is 5.14. The van der Waals surface area contributed by atoms with E-state index in [1.165, 1.54) is 0 Å². The summed E-state index contributed by atoms with van der Waals surface area (Å²) in [6.07, 6.45) is 3.67. The summed E-state index contributed by atoms with van der Waals surface area (Å²) in [7, 11) is 2.08. The van der Waals surface area contributed by atoms with Gasteiger partial charge in [-0.1, -0.05) is 20.8 Å². The van der Waals surface area contributed by atoms with Gasteiger partial charge >= 0.3 is 0 Å². The molecule has 0 aliphatic heterocycles. The summed E-state index contributed by atoms with van der Waals surface area (Å²) < 4.78 is 0. The van der Waals surface area contributed by atoms with Crippen LogP contribution in [0.2, 0.25) is 0 Å². The van der Waals surface area contributed by atoms with Crippen molar-refractivity contribution in [3.63, 3.8) is 0 Å². The molecular formula is C16H30N4. The Hall–Kier alpha value is -1.16. The minimum Gasteiger partial charge on any atom is -0.355 e. The minimum absolute atomic E-state index is 0.0856. The highest BCUT2D eigenvalue weighted by Gasteiger charge is 2.25. The first-order chi connectivity index (χ1) is 9.00. The predicted octanol–water partition coefficient (Wildman–Crippen LogP) is 3.24. The van der Waals surface area contributed by atoms with Crippen LogP contribution in [0.3, 0.4) is 0 Å². The molecule has 0 aromatic carbocycles. The molecule has 20 heavy (non-hydrogen) atoms. The number of nitrogens with one attached hydrogen (secondary N) is 1. The maximum atomic E-state index is 4.71. The normalized spacial score (nSPS) is 14.2. The van der Waals surface area contributed by atoms with Gasteiger partial charge in [-0.15, -0.1) is 0 Å². The molecule has 114 valence electrons. The third-order valence-corrected chi connectivity index (χ3v) is 3.67. The van der Waals surface area contributed by atoms with Crippen LogP contribution in [-0.4, -0.2) is 28.6 Å². The molecule has 1 atom stereocenters. The van der Waals surface area contributed by atoms with Gasteiger partial charge in [-0.25, -0.2) is 4.98 Å². The fourth-order valence-corrected chi connectivity index (χ4v) is 1.79. The average molecular weight is 278 g/mol. The Labute approximate surface area is 124 Å². The van der Waals surface area contributed by atoms with Crippen molar-refractivity contribution in [2.24, 2.45) is 5.41 Å². The van der Waals surface area contributed by atoms with E-state index in [9.17, 15) is 0 Å². The van der Waals surface area contributed by atoms with Crippen molar-refractivity contribution in [2.45, 2.75) is 66.6 Å². The zero-order valence-corrected chi connectivity index (χ0v) is 14.3. The van der Waals surface area contributed by atoms with Gasteiger partial charge in [-0.2, -0.15) is 0 Å². The number of hydrogen-bond donors (Lipinski definition) is 1. The molecule has 0 aliphatic rings. The van der Waals surface area contributed by atoms with Gasteiger partial charge in [0, 0.05) is 31.4 Å². The molecule has 0 amide bonds. The van der Waals surface area contributed by atoms with Crippen LogP contribution in [-0.2, 0) is 6.54 Å². The van der Waals surface area contributed by atoms with E-state index in [2.05, 4.69) is 70.7 Å². The SMILES string of the molecule is CC(N(C)c1cncc(CNC(C)(C)C)n1)C(C)(C)C. The van der Waals surface area contributed by atoms with Crippen LogP contribution < -0.4 is 10.2 Å². The molecule has 1 aromatic rings. The maximum Gasteiger partial charge on any atom is 0.147 e. The van der Waals surface area contributed by atoms with Crippen molar-refractivity contribution in [1.29, 1.82) is 0 Å². The van der Waals surface area contributed by atoms with E-state index >= 15 is 0 Å². The van der Waals surface area contributed by atoms with Crippen LogP contribution in [0.4, 0.5) is 5.82 Å². The number of anilines is 1. The molecule has 0 aliphatic carbocycles. The summed E-state index contributed by atoms with van der Waals surface area (Å²) in [6.45, 7) is 16.1. The molecule has 1 rings (SSSR count). The lowest BCUT2D eigenvalue weighted by atomic mass is 9.87. The molecule has 4 heteroatoms. The minimum atomic E-state index is 0.0856. The van der Waals surface area contributed by atoms with Gasteiger partial charge in [0.25, 0.3) is 0 Å². The zero-order chi connectivity index (χ0) is 15.6. The van der Waals surface area contributed by atoms with Gasteiger partial charge in [-0.3, -0.25) is 4.98 Å². The maximum absolute atomic E-state index is 4.71. The van der Waals surface area contributed by atoms with Gasteiger partial charge in [0.2, 0.25) is 0 Å². The molecule has 4 nitrogen and oxygen atoms in total. The number of aromatic nitrogens is 2. The van der Waals surface area contributed by atoms with Crippen molar-refractivity contribution in [1.82, 2.24) is 15.3 Å². The smallest absolute Gasteiger partial charge is 0.147 e. The van der Waals surface area contributed by atoms with Crippen molar-refractivity contribution >= 4 is 5.82 Å². The Morgan fingerprint density at radius 3 is 2.25 bits per heavy atom. The lowest BCUT2D eigenvalue weighted by Gasteiger charge is -2.36. The predicted molar refractivity (Wildman–Crippen MR) is 85.9 cm³/mol. The molecule has 0 saturated carbocycles. The molecule has 0 spiro atoms. The average Bonchev–Trinajstić information content (AvgIpc) is 2.33. The van der Waals surface area contributed by atoms with Gasteiger partial charge in [0.1, 0.15) is 5.82 Å². The topological polar surface area (TPSA) is 41.1 Å². The molecular weight excluding hydrogens is 248 g/mol. The second kappa shape index (κ2) is 6.08. The van der Waals surface area contributed by atoms with E-state index < -0.39 is 0 Å². The van der Waals surface area contributed by atoms with Crippen molar-refractivity contribution in [2.75, 3.05) is 11.9 Å². The van der Waals surface area contributed by atoms with E-state index in [-0.39, 0.29) is 11.0 Å². The van der Waals surface area contributed by atoms with Crippen LogP contribution >= 0.6 is 0 Å². The summed E-state index contributed by atoms with van der Waals surface area (Å²) in [6, 6.07) is 0.391. The molecule has 1 unspecified atom stereocenters. The van der Waals surface area contributed by atoms with Gasteiger partial charge in [0.15, 0.2) is 0 Å². The van der Waals surface area contributed by atoms with Crippen LogP contribution in [0.25, 0.3) is 0 Å². The summed E-state index contributed by atoms with van der Waals surface area (Å²) in [5.74, 6) is 0.931. The second-order valence-electron chi connectivity index (χ2n) is 7.63. The van der Waals surface area contributed by atoms with E-state index in [0.29, 0.717) is 6.04 Å². The van der Waals surface area contributed by atoms with Gasteiger partial charge < -0.3 is 10.2 Å². The van der Waals surface area contributed by atoms with Crippen LogP contribution in [0, 0.1) is 5.41 Å². The van der Waals surface area contributed by atoms with E-state index in [4.69, 9.17) is 4.98 Å². The summed E-state index contributed by atoms with van der Waals surface area (Å²) in [5.41, 5.74) is 1.27. The first-order valence-corrected chi connectivity index (χ1v) is 7.29. The highest BCUT2D eigenvalue weighted by Crippen LogP contribution is 2.25. The fraction of sp³-hybridized carbons (Fsp3) is 0.750. The summed E-state index contributed by atoms with van der Waals surface area (Å²) >= 11 is 0. The zero-order valence-electron chi connectivity index (χ0n) is 14.3. The van der Waals surface area contributed by atoms with Gasteiger partial charge in [-0.05, 0) is 33.1 Å². The molecule has 0 fully saturated rings. The van der Waals surface area contributed by atoms with E-state index in [0.717, 1.165) is 18.1 Å². The van der Waals surface area contributed by atoms with Crippen molar-refractivity contribution < 1.29 is 0 Å². The molecule has 0 bridgehead atoms. The van der Waals surface area contributed by atoms with Gasteiger partial charge in [0.05, 0.1) is 11.9 Å². The molecule has 1 aromatic heterocycles. The Balaban J connectivity index is 2.82. The second-order valence-corrected chi connectivity index (χ2v) is 7.63. The highest BCUT2D eigenvalue weighted by molar-refractivity contribution is 5.37. The third-order valence-electron chi connectivity index (χ3n) is 3.67. The lowest BCUT2D eigenvalue weighted by Crippen LogP contribution is -2.40. The Morgan fingerprint density at radius 2 is 1.75 bits per heavy atom. The molecule has 1 heterocycles. The Morgan fingerprint density at radius 1 is 1.15 bits per heavy atom. The van der Waals surface area contributed by atoms with Crippen molar-refractivity contribution in [3.8, 4) is 0 Å². The highest BCUT2D eigenvalue weighted by atomic mass is 15.2. The van der Waals surface area contributed by atoms with Crippen LogP contribution in [0.15, 0.2) is 12.4 Å². The number of hydrogen-bond acceptors (Lipinski definition) is 4. The molecule has 1 N–H and O–H groups in total. The molecule has 0 saturated heterocycles. The Bertz CT molecular complexity index is 429. The van der Waals surface area contributed by atoms with E-state index in [1.54, 1.807) is 0 Å². The van der Waals surface area contributed by atoms with Crippen LogP contribution in [0.1, 0.15) is 54.2 Å². The summed E-state index contributed by atoms with van der Waals surface area (Å²) in [4.78, 5) is 11.2. The monoisotopic (exact) mass is 278 g/mol. The quantitative estimate of drug-likeness (QED) is 0.918. The number of nitrogens with zero attached hydrogens (tertiary/aromatic N) is 3. The largest absolute Gasteiger partial charge is 0.355 e. The molecule has 0 radical (unpaired) electrons. The van der Waals surface area contributed by atoms with Crippen LogP contribution in [0.5, 0.6) is 0 Å². The van der Waals surface area contributed by atoms with Crippen molar-refractivity contribution in [3.05, 3.63) is 18.1 Å². The fourth-order valence-electron chi connectivity index (χ4n) is 1.79. The number of rotatable bonds is 4. The first-order valence-electron chi connectivity index (χ1n) is 7.29. The first kappa shape index (κ1) is 16.9. The lowest BCUT2D eigenvalue weighted by molar-refractivity contribution is 0.328.